The second-order valence-corrected chi connectivity index (χ2v) is 5.04. The molecular weight excluding hydrogens is 284 g/mol. The number of rotatable bonds is 7. The van der Waals surface area contributed by atoms with Gasteiger partial charge in [0.05, 0.1) is 7.11 Å². The van der Waals surface area contributed by atoms with Gasteiger partial charge in [0.2, 0.25) is 0 Å². The van der Waals surface area contributed by atoms with E-state index < -0.39 is 39.1 Å². The summed E-state index contributed by atoms with van der Waals surface area (Å²) in [7, 11) is -5.04. The smallest absolute Gasteiger partial charge is 0.269 e. The van der Waals surface area contributed by atoms with E-state index in [1.807, 2.05) is 0 Å². The summed E-state index contributed by atoms with van der Waals surface area (Å²) in [5.41, 5.74) is 0. The molecule has 0 aromatic heterocycles. The van der Waals surface area contributed by atoms with Crippen LogP contribution in [0.1, 0.15) is 6.42 Å². The Hall–Kier alpha value is -0.140. The minimum atomic E-state index is -5.44. The highest BCUT2D eigenvalue weighted by Crippen LogP contribution is 2.42. The Labute approximate surface area is 91.7 Å². The summed E-state index contributed by atoms with van der Waals surface area (Å²) in [5.74, 6) is 0. The van der Waals surface area contributed by atoms with E-state index in [9.17, 15) is 26.0 Å². The average Bonchev–Trinajstić information content (AvgIpc) is 2.13. The van der Waals surface area contributed by atoms with Gasteiger partial charge in [-0.05, 0) is 0 Å². The Morgan fingerprint density at radius 1 is 1.31 bits per heavy atom. The maximum atomic E-state index is 12.8. The first-order valence-corrected chi connectivity index (χ1v) is 5.45. The predicted octanol–water partition coefficient (Wildman–Crippen LogP) is 1.61. The summed E-state index contributed by atoms with van der Waals surface area (Å²) >= 11 is -0.973. The van der Waals surface area contributed by atoms with Gasteiger partial charge in [0.15, 0.2) is 0 Å². The Bertz CT molecular complexity index is 316. The van der Waals surface area contributed by atoms with Gasteiger partial charge in [0, 0.05) is 0 Å². The third kappa shape index (κ3) is 4.39. The van der Waals surface area contributed by atoms with Crippen LogP contribution in [0.3, 0.4) is 0 Å². The molecule has 0 spiro atoms. The van der Waals surface area contributed by atoms with Crippen molar-refractivity contribution < 1.29 is 44.8 Å². The summed E-state index contributed by atoms with van der Waals surface area (Å²) in [6.45, 7) is 0. The van der Waals surface area contributed by atoms with Gasteiger partial charge in [0.1, 0.15) is 18.5 Å². The molecule has 0 aromatic rings. The van der Waals surface area contributed by atoms with Crippen LogP contribution in [0, 0.1) is 0 Å². The van der Waals surface area contributed by atoms with Gasteiger partial charge in [-0.1, -0.05) is 5.04 Å². The fraction of sp³-hybridized carbons (Fsp3) is 1.00. The maximum Gasteiger partial charge on any atom is 0.376 e. The first kappa shape index (κ1) is 15.9. The molecule has 0 rings (SSSR count). The lowest BCUT2D eigenvalue weighted by molar-refractivity contribution is -0.433. The van der Waals surface area contributed by atoms with Crippen molar-refractivity contribution in [1.82, 2.24) is 0 Å². The van der Waals surface area contributed by atoms with Crippen LogP contribution in [0.5, 0.6) is 0 Å². The third-order valence-corrected chi connectivity index (χ3v) is 3.01. The minimum Gasteiger partial charge on any atom is -0.269 e. The fourth-order valence-corrected chi connectivity index (χ4v) is 1.61. The van der Waals surface area contributed by atoms with Crippen LogP contribution >= 0.6 is 12.0 Å². The molecular formula is C4H6F4O6S2. The number of halogens is 4. The number of hydrogen-bond acceptors (Lipinski definition) is 7. The molecule has 0 atom stereocenters. The Morgan fingerprint density at radius 2 is 1.81 bits per heavy atom. The number of hydrogen-bond donors (Lipinski definition) is 1. The van der Waals surface area contributed by atoms with Crippen molar-refractivity contribution in [1.29, 1.82) is 0 Å². The van der Waals surface area contributed by atoms with E-state index in [-0.39, 0.29) is 0 Å². The topological polar surface area (TPSA) is 82.1 Å². The molecule has 6 nitrogen and oxygen atoms in total. The molecule has 0 radical (unpaired) electrons. The zero-order chi connectivity index (χ0) is 13.0. The lowest BCUT2D eigenvalue weighted by Crippen LogP contribution is -2.35. The van der Waals surface area contributed by atoms with E-state index >= 15 is 0 Å². The van der Waals surface area contributed by atoms with Gasteiger partial charge < -0.3 is 0 Å². The van der Waals surface area contributed by atoms with E-state index in [1.54, 1.807) is 0 Å². The zero-order valence-corrected chi connectivity index (χ0v) is 9.16. The minimum absolute atomic E-state index is 0.405. The quantitative estimate of drug-likeness (QED) is 0.251. The Kier molecular flexibility index (Phi) is 5.41. The first-order chi connectivity index (χ1) is 7.08. The fourth-order valence-electron chi connectivity index (χ4n) is 0.544. The third-order valence-electron chi connectivity index (χ3n) is 1.18. The molecule has 0 aliphatic heterocycles. The molecule has 1 N–H and O–H groups in total. The Balaban J connectivity index is 4.70. The van der Waals surface area contributed by atoms with Crippen molar-refractivity contribution in [2.45, 2.75) is 16.9 Å². The summed E-state index contributed by atoms with van der Waals surface area (Å²) in [6, 6.07) is 0. The number of alkyl halides is 4. The van der Waals surface area contributed by atoms with E-state index in [0.29, 0.717) is 7.11 Å². The largest absolute Gasteiger partial charge is 0.376 e. The van der Waals surface area contributed by atoms with Gasteiger partial charge in [-0.15, -0.1) is 4.33 Å². The SMILES string of the molecule is COS(=O)(=O)C(F)(F)CC(F)(F)SOOO. The van der Waals surface area contributed by atoms with Crippen LogP contribution in [0.25, 0.3) is 0 Å². The van der Waals surface area contributed by atoms with Gasteiger partial charge in [-0.2, -0.15) is 26.0 Å². The molecule has 0 unspecified atom stereocenters. The normalized spacial score (nSPS) is 14.1. The van der Waals surface area contributed by atoms with E-state index in [2.05, 4.69) is 13.6 Å². The molecule has 0 heterocycles. The summed E-state index contributed by atoms with van der Waals surface area (Å²) < 4.78 is 78.5. The van der Waals surface area contributed by atoms with E-state index in [4.69, 9.17) is 5.26 Å². The van der Waals surface area contributed by atoms with Crippen molar-refractivity contribution in [2.24, 2.45) is 0 Å². The van der Waals surface area contributed by atoms with Gasteiger partial charge in [0.25, 0.3) is 0 Å². The molecule has 0 aliphatic carbocycles. The zero-order valence-electron chi connectivity index (χ0n) is 7.52. The van der Waals surface area contributed by atoms with Crippen molar-refractivity contribution in [3.05, 3.63) is 0 Å². The maximum absolute atomic E-state index is 12.8. The van der Waals surface area contributed by atoms with E-state index in [0.717, 1.165) is 0 Å². The molecule has 0 aliphatic rings. The molecule has 0 saturated heterocycles. The predicted molar refractivity (Wildman–Crippen MR) is 42.8 cm³/mol. The lowest BCUT2D eigenvalue weighted by Gasteiger charge is -2.19. The molecule has 0 amide bonds. The standard InChI is InChI=1S/C4H6F4O6S2/c1-12-16(10,11)4(7,8)2-3(5,6)15-14-13-9/h9H,2H2,1H3. The monoisotopic (exact) mass is 290 g/mol. The molecule has 16 heavy (non-hydrogen) atoms. The second-order valence-electron chi connectivity index (χ2n) is 2.30. The molecule has 0 aromatic carbocycles. The van der Waals surface area contributed by atoms with Crippen LogP contribution in [0.15, 0.2) is 0 Å². The highest BCUT2D eigenvalue weighted by molar-refractivity contribution is 7.95. The van der Waals surface area contributed by atoms with Crippen LogP contribution in [0.4, 0.5) is 17.6 Å². The van der Waals surface area contributed by atoms with E-state index in [1.165, 1.54) is 0 Å². The van der Waals surface area contributed by atoms with Crippen LogP contribution in [0.2, 0.25) is 0 Å². The van der Waals surface area contributed by atoms with Gasteiger partial charge in [-0.3, -0.25) is 4.18 Å². The van der Waals surface area contributed by atoms with Crippen molar-refractivity contribution in [3.63, 3.8) is 0 Å². The summed E-state index contributed by atoms with van der Waals surface area (Å²) in [4.78, 5) is 0. The van der Waals surface area contributed by atoms with Crippen molar-refractivity contribution >= 4 is 22.2 Å². The highest BCUT2D eigenvalue weighted by Gasteiger charge is 2.54. The van der Waals surface area contributed by atoms with Crippen molar-refractivity contribution in [2.75, 3.05) is 7.11 Å². The summed E-state index contributed by atoms with van der Waals surface area (Å²) in [6.07, 6.45) is -2.40. The molecule has 0 saturated carbocycles. The Morgan fingerprint density at radius 3 is 2.19 bits per heavy atom. The van der Waals surface area contributed by atoms with Crippen molar-refractivity contribution in [3.8, 4) is 0 Å². The lowest BCUT2D eigenvalue weighted by atomic mass is 10.5. The average molecular weight is 290 g/mol. The molecule has 0 bridgehead atoms. The summed E-state index contributed by atoms with van der Waals surface area (Å²) in [5, 5.41) is 1.17. The van der Waals surface area contributed by atoms with Gasteiger partial charge >= 0.3 is 20.6 Å². The van der Waals surface area contributed by atoms with Crippen LogP contribution in [-0.4, -0.2) is 31.3 Å². The van der Waals surface area contributed by atoms with Crippen LogP contribution in [-0.2, 0) is 23.7 Å². The molecule has 12 heteroatoms. The van der Waals surface area contributed by atoms with Crippen LogP contribution < -0.4 is 0 Å². The van der Waals surface area contributed by atoms with Gasteiger partial charge in [-0.25, -0.2) is 5.26 Å². The highest BCUT2D eigenvalue weighted by atomic mass is 32.2. The second kappa shape index (κ2) is 5.46. The molecule has 0 fully saturated rings. The molecule has 98 valence electrons. The first-order valence-electron chi connectivity index (χ1n) is 3.30.